The maximum atomic E-state index is 6.23. The first-order chi connectivity index (χ1) is 6.49. The number of nitrogens with two attached hydrogens (primary N) is 1. The fourth-order valence-electron chi connectivity index (χ4n) is 1.51. The Hall–Kier alpha value is -0.950. The molecule has 0 aromatic heterocycles. The Morgan fingerprint density at radius 3 is 2.57 bits per heavy atom. The lowest BCUT2D eigenvalue weighted by Gasteiger charge is -2.14. The van der Waals surface area contributed by atoms with Crippen LogP contribution in [0.25, 0.3) is 5.57 Å². The molecule has 2 N–H and O–H groups in total. The van der Waals surface area contributed by atoms with Crippen LogP contribution in [0.1, 0.15) is 30.0 Å². The van der Waals surface area contributed by atoms with Crippen molar-refractivity contribution in [2.45, 2.75) is 27.2 Å². The average Bonchev–Trinajstić information content (AvgIpc) is 2.15. The Labute approximate surface area is 90.6 Å². The van der Waals surface area contributed by atoms with Crippen LogP contribution in [0.2, 0.25) is 5.02 Å². The smallest absolute Gasteiger partial charge is 0.0514 e. The van der Waals surface area contributed by atoms with Crippen molar-refractivity contribution >= 4 is 22.9 Å². The summed E-state index contributed by atoms with van der Waals surface area (Å²) in [6.07, 6.45) is 0.892. The first-order valence-electron chi connectivity index (χ1n) is 4.72. The van der Waals surface area contributed by atoms with Gasteiger partial charge in [0.05, 0.1) is 5.02 Å². The molecule has 2 heteroatoms. The highest BCUT2D eigenvalue weighted by Crippen LogP contribution is 2.34. The molecular formula is C12H16ClN. The predicted molar refractivity (Wildman–Crippen MR) is 64.7 cm³/mol. The van der Waals surface area contributed by atoms with E-state index in [2.05, 4.69) is 13.5 Å². The third kappa shape index (κ3) is 1.78. The molecule has 0 unspecified atom stereocenters. The van der Waals surface area contributed by atoms with Crippen molar-refractivity contribution in [1.29, 1.82) is 0 Å². The van der Waals surface area contributed by atoms with Crippen LogP contribution >= 0.6 is 11.6 Å². The monoisotopic (exact) mass is 209 g/mol. The van der Waals surface area contributed by atoms with Crippen LogP contribution in [0, 0.1) is 13.8 Å². The number of halogens is 1. The minimum absolute atomic E-state index is 0.781. The lowest BCUT2D eigenvalue weighted by atomic mass is 9.96. The van der Waals surface area contributed by atoms with Crippen molar-refractivity contribution < 1.29 is 0 Å². The Morgan fingerprint density at radius 1 is 1.50 bits per heavy atom. The van der Waals surface area contributed by atoms with Crippen LogP contribution in [0.3, 0.4) is 0 Å². The lowest BCUT2D eigenvalue weighted by molar-refractivity contribution is 1.22. The van der Waals surface area contributed by atoms with E-state index in [1.54, 1.807) is 0 Å². The maximum Gasteiger partial charge on any atom is 0.0514 e. The number of allylic oxidation sites excluding steroid dienone is 1. The van der Waals surface area contributed by atoms with Crippen LogP contribution in [0.4, 0.5) is 5.69 Å². The van der Waals surface area contributed by atoms with E-state index in [1.165, 1.54) is 0 Å². The van der Waals surface area contributed by atoms with Crippen LogP contribution in [0.15, 0.2) is 12.6 Å². The predicted octanol–water partition coefficient (Wildman–Crippen LogP) is 3.96. The molecule has 0 fully saturated rings. The number of hydrogen-bond acceptors (Lipinski definition) is 1. The standard InChI is InChI=1S/C12H16ClN/c1-5-7(2)11-9(4)10(14)6-8(3)12(11)13/h6H,2,5,14H2,1,3-4H3. The zero-order valence-electron chi connectivity index (χ0n) is 8.95. The molecule has 0 saturated heterocycles. The van der Waals surface area contributed by atoms with Crippen LogP contribution < -0.4 is 5.73 Å². The molecule has 0 spiro atoms. The minimum atomic E-state index is 0.781. The Balaban J connectivity index is 3.47. The maximum absolute atomic E-state index is 6.23. The molecular weight excluding hydrogens is 194 g/mol. The number of hydrogen-bond donors (Lipinski definition) is 1. The van der Waals surface area contributed by atoms with E-state index in [0.717, 1.165) is 39.4 Å². The van der Waals surface area contributed by atoms with E-state index in [-0.39, 0.29) is 0 Å². The Kier molecular flexibility index (Phi) is 3.22. The molecule has 1 rings (SSSR count). The van der Waals surface area contributed by atoms with Gasteiger partial charge in [0.25, 0.3) is 0 Å². The molecule has 0 saturated carbocycles. The zero-order chi connectivity index (χ0) is 10.9. The van der Waals surface area contributed by atoms with Gasteiger partial charge in [0.2, 0.25) is 0 Å². The summed E-state index contributed by atoms with van der Waals surface area (Å²) in [4.78, 5) is 0. The summed E-state index contributed by atoms with van der Waals surface area (Å²) in [5.74, 6) is 0. The van der Waals surface area contributed by atoms with Gasteiger partial charge in [-0.1, -0.05) is 25.1 Å². The number of rotatable bonds is 2. The normalized spacial score (nSPS) is 10.3. The van der Waals surface area contributed by atoms with Gasteiger partial charge < -0.3 is 5.73 Å². The fourth-order valence-corrected chi connectivity index (χ4v) is 1.84. The van der Waals surface area contributed by atoms with E-state index in [1.807, 2.05) is 19.9 Å². The van der Waals surface area contributed by atoms with Gasteiger partial charge in [0.15, 0.2) is 0 Å². The van der Waals surface area contributed by atoms with E-state index >= 15 is 0 Å². The number of anilines is 1. The summed E-state index contributed by atoms with van der Waals surface area (Å²) in [7, 11) is 0. The molecule has 0 amide bonds. The van der Waals surface area contributed by atoms with Crippen LogP contribution in [-0.4, -0.2) is 0 Å². The second kappa shape index (κ2) is 4.05. The molecule has 0 aliphatic heterocycles. The minimum Gasteiger partial charge on any atom is -0.398 e. The second-order valence-electron chi connectivity index (χ2n) is 3.55. The van der Waals surface area contributed by atoms with Crippen molar-refractivity contribution in [3.8, 4) is 0 Å². The number of benzene rings is 1. The van der Waals surface area contributed by atoms with E-state index in [9.17, 15) is 0 Å². The van der Waals surface area contributed by atoms with Crippen LogP contribution in [0.5, 0.6) is 0 Å². The summed E-state index contributed by atoms with van der Waals surface area (Å²) in [5.41, 5.74) is 10.8. The molecule has 14 heavy (non-hydrogen) atoms. The van der Waals surface area contributed by atoms with Gasteiger partial charge >= 0.3 is 0 Å². The Morgan fingerprint density at radius 2 is 2.07 bits per heavy atom. The first kappa shape index (κ1) is 11.1. The van der Waals surface area contributed by atoms with Gasteiger partial charge in [0.1, 0.15) is 0 Å². The van der Waals surface area contributed by atoms with Gasteiger partial charge in [-0.15, -0.1) is 0 Å². The molecule has 0 radical (unpaired) electrons. The highest BCUT2D eigenvalue weighted by molar-refractivity contribution is 6.33. The molecule has 1 aromatic rings. The van der Waals surface area contributed by atoms with Crippen LogP contribution in [-0.2, 0) is 0 Å². The number of nitrogen functional groups attached to an aromatic ring is 1. The summed E-state index contributed by atoms with van der Waals surface area (Å²) in [5, 5.41) is 0.781. The summed E-state index contributed by atoms with van der Waals surface area (Å²) < 4.78 is 0. The van der Waals surface area contributed by atoms with Gasteiger partial charge in [-0.3, -0.25) is 0 Å². The van der Waals surface area contributed by atoms with E-state index in [4.69, 9.17) is 17.3 Å². The second-order valence-corrected chi connectivity index (χ2v) is 3.93. The SMILES string of the molecule is C=C(CC)c1c(C)c(N)cc(C)c1Cl. The summed E-state index contributed by atoms with van der Waals surface area (Å²) >= 11 is 6.23. The molecule has 76 valence electrons. The largest absolute Gasteiger partial charge is 0.398 e. The first-order valence-corrected chi connectivity index (χ1v) is 5.10. The van der Waals surface area contributed by atoms with E-state index < -0.39 is 0 Å². The van der Waals surface area contributed by atoms with Crippen molar-refractivity contribution in [3.05, 3.63) is 34.4 Å². The third-order valence-corrected chi connectivity index (χ3v) is 3.01. The molecule has 1 nitrogen and oxygen atoms in total. The topological polar surface area (TPSA) is 26.0 Å². The zero-order valence-corrected chi connectivity index (χ0v) is 9.70. The van der Waals surface area contributed by atoms with Crippen molar-refractivity contribution in [2.75, 3.05) is 5.73 Å². The summed E-state index contributed by atoms with van der Waals surface area (Å²) in [6.45, 7) is 10.0. The van der Waals surface area contributed by atoms with Gasteiger partial charge in [0, 0.05) is 11.3 Å². The van der Waals surface area contributed by atoms with Gasteiger partial charge in [-0.2, -0.15) is 0 Å². The number of aryl methyl sites for hydroxylation is 1. The third-order valence-electron chi connectivity index (χ3n) is 2.53. The highest BCUT2D eigenvalue weighted by atomic mass is 35.5. The fraction of sp³-hybridized carbons (Fsp3) is 0.333. The van der Waals surface area contributed by atoms with Crippen molar-refractivity contribution in [1.82, 2.24) is 0 Å². The van der Waals surface area contributed by atoms with Gasteiger partial charge in [-0.25, -0.2) is 0 Å². The molecule has 0 atom stereocenters. The Bertz CT molecular complexity index is 354. The highest BCUT2D eigenvalue weighted by Gasteiger charge is 2.11. The average molecular weight is 210 g/mol. The lowest BCUT2D eigenvalue weighted by Crippen LogP contribution is -1.98. The van der Waals surface area contributed by atoms with Crippen molar-refractivity contribution in [3.63, 3.8) is 0 Å². The molecule has 0 aliphatic carbocycles. The molecule has 0 heterocycles. The quantitative estimate of drug-likeness (QED) is 0.734. The molecule has 1 aromatic carbocycles. The molecule has 0 aliphatic rings. The van der Waals surface area contributed by atoms with Gasteiger partial charge in [-0.05, 0) is 43.0 Å². The van der Waals surface area contributed by atoms with E-state index in [0.29, 0.717) is 0 Å². The van der Waals surface area contributed by atoms with Crippen molar-refractivity contribution in [2.24, 2.45) is 0 Å². The summed E-state index contributed by atoms with van der Waals surface area (Å²) in [6, 6.07) is 1.91. The molecule has 0 bridgehead atoms.